The van der Waals surface area contributed by atoms with Crippen LogP contribution in [-0.4, -0.2) is 8.42 Å². The standard InChI is InChI=1S/C15H13ClF3NO2S/c1-9-3-4-10(2)14(7-9)20-23(21,22)11-5-6-13(16)12(8-11)15(17,18)19/h3-8,20H,1-2H3. The fourth-order valence-electron chi connectivity index (χ4n) is 1.94. The zero-order valence-electron chi connectivity index (χ0n) is 12.2. The summed E-state index contributed by atoms with van der Waals surface area (Å²) >= 11 is 5.50. The van der Waals surface area contributed by atoms with Crippen LogP contribution in [0.25, 0.3) is 0 Å². The van der Waals surface area contributed by atoms with Gasteiger partial charge in [0.25, 0.3) is 10.0 Å². The molecule has 2 aromatic carbocycles. The summed E-state index contributed by atoms with van der Waals surface area (Å²) in [5.41, 5.74) is 0.598. The third-order valence-corrected chi connectivity index (χ3v) is 4.88. The van der Waals surface area contributed by atoms with Crippen molar-refractivity contribution in [1.82, 2.24) is 0 Å². The molecule has 2 aromatic rings. The van der Waals surface area contributed by atoms with Gasteiger partial charge in [0.2, 0.25) is 0 Å². The van der Waals surface area contributed by atoms with Crippen molar-refractivity contribution in [2.24, 2.45) is 0 Å². The molecule has 3 nitrogen and oxygen atoms in total. The number of alkyl halides is 3. The van der Waals surface area contributed by atoms with E-state index in [-0.39, 0.29) is 0 Å². The third-order valence-electron chi connectivity index (χ3n) is 3.19. The van der Waals surface area contributed by atoms with Gasteiger partial charge in [-0.25, -0.2) is 8.42 Å². The van der Waals surface area contributed by atoms with Crippen LogP contribution in [0.2, 0.25) is 5.02 Å². The highest BCUT2D eigenvalue weighted by Gasteiger charge is 2.34. The molecule has 0 aliphatic heterocycles. The summed E-state index contributed by atoms with van der Waals surface area (Å²) in [6, 6.07) is 7.60. The number of rotatable bonds is 3. The van der Waals surface area contributed by atoms with Gasteiger partial charge in [0.15, 0.2) is 0 Å². The largest absolute Gasteiger partial charge is 0.417 e. The first-order valence-electron chi connectivity index (χ1n) is 6.47. The third kappa shape index (κ3) is 3.97. The van der Waals surface area contributed by atoms with Gasteiger partial charge in [0.05, 0.1) is 21.2 Å². The van der Waals surface area contributed by atoms with Gasteiger partial charge in [0, 0.05) is 0 Å². The molecule has 0 bridgehead atoms. The molecule has 0 saturated heterocycles. The average molecular weight is 364 g/mol. The van der Waals surface area contributed by atoms with Crippen LogP contribution in [0.15, 0.2) is 41.3 Å². The van der Waals surface area contributed by atoms with E-state index in [9.17, 15) is 21.6 Å². The number of halogens is 4. The predicted octanol–water partition coefficient (Wildman–Crippen LogP) is 4.78. The monoisotopic (exact) mass is 363 g/mol. The Hall–Kier alpha value is -1.73. The fourth-order valence-corrected chi connectivity index (χ4v) is 3.31. The molecule has 1 N–H and O–H groups in total. The van der Waals surface area contributed by atoms with Crippen molar-refractivity contribution in [1.29, 1.82) is 0 Å². The highest BCUT2D eigenvalue weighted by Crippen LogP contribution is 2.36. The van der Waals surface area contributed by atoms with Gasteiger partial charge in [-0.1, -0.05) is 23.7 Å². The van der Waals surface area contributed by atoms with Gasteiger partial charge in [-0.2, -0.15) is 13.2 Å². The fraction of sp³-hybridized carbons (Fsp3) is 0.200. The minimum Gasteiger partial charge on any atom is -0.279 e. The van der Waals surface area contributed by atoms with E-state index in [2.05, 4.69) is 4.72 Å². The highest BCUT2D eigenvalue weighted by molar-refractivity contribution is 7.92. The second kappa shape index (κ2) is 6.05. The van der Waals surface area contributed by atoms with Crippen LogP contribution in [0.3, 0.4) is 0 Å². The Bertz CT molecular complexity index is 848. The lowest BCUT2D eigenvalue weighted by molar-refractivity contribution is -0.137. The van der Waals surface area contributed by atoms with Crippen LogP contribution in [0, 0.1) is 13.8 Å². The Morgan fingerprint density at radius 1 is 1.04 bits per heavy atom. The first kappa shape index (κ1) is 17.6. The molecule has 0 fully saturated rings. The van der Waals surface area contributed by atoms with Crippen LogP contribution in [0.5, 0.6) is 0 Å². The number of nitrogens with one attached hydrogen (secondary N) is 1. The molecule has 124 valence electrons. The van der Waals surface area contributed by atoms with Crippen LogP contribution < -0.4 is 4.72 Å². The lowest BCUT2D eigenvalue weighted by Gasteiger charge is -2.14. The summed E-state index contributed by atoms with van der Waals surface area (Å²) in [5.74, 6) is 0. The molecular weight excluding hydrogens is 351 g/mol. The van der Waals surface area contributed by atoms with Gasteiger partial charge in [-0.15, -0.1) is 0 Å². The SMILES string of the molecule is Cc1ccc(C)c(NS(=O)(=O)c2ccc(Cl)c(C(F)(F)F)c2)c1. The molecule has 0 saturated carbocycles. The maximum atomic E-state index is 12.9. The molecule has 0 unspecified atom stereocenters. The van der Waals surface area contributed by atoms with Crippen molar-refractivity contribution in [3.63, 3.8) is 0 Å². The van der Waals surface area contributed by atoms with Crippen molar-refractivity contribution in [3.8, 4) is 0 Å². The van der Waals surface area contributed by atoms with E-state index in [1.807, 2.05) is 0 Å². The molecule has 8 heteroatoms. The molecule has 2 rings (SSSR count). The van der Waals surface area contributed by atoms with E-state index in [0.29, 0.717) is 17.3 Å². The van der Waals surface area contributed by atoms with Crippen molar-refractivity contribution in [2.45, 2.75) is 24.9 Å². The normalized spacial score (nSPS) is 12.3. The minimum absolute atomic E-state index is 0.313. The lowest BCUT2D eigenvalue weighted by Crippen LogP contribution is -2.15. The summed E-state index contributed by atoms with van der Waals surface area (Å²) < 4.78 is 65.6. The van der Waals surface area contributed by atoms with Crippen molar-refractivity contribution in [2.75, 3.05) is 4.72 Å². The minimum atomic E-state index is -4.73. The zero-order valence-corrected chi connectivity index (χ0v) is 13.8. The number of sulfonamides is 1. The Balaban J connectivity index is 2.46. The van der Waals surface area contributed by atoms with Gasteiger partial charge >= 0.3 is 6.18 Å². The molecule has 0 heterocycles. The number of benzene rings is 2. The lowest BCUT2D eigenvalue weighted by atomic mass is 10.1. The summed E-state index contributed by atoms with van der Waals surface area (Å²) in [6.07, 6.45) is -4.73. The molecule has 0 atom stereocenters. The summed E-state index contributed by atoms with van der Waals surface area (Å²) in [7, 11) is -4.16. The molecule has 0 aliphatic rings. The van der Waals surface area contributed by atoms with Crippen molar-refractivity contribution >= 4 is 27.3 Å². The topological polar surface area (TPSA) is 46.2 Å². The zero-order chi connectivity index (χ0) is 17.4. The maximum absolute atomic E-state index is 12.9. The first-order chi connectivity index (χ1) is 10.5. The van der Waals surface area contributed by atoms with Crippen molar-refractivity contribution < 1.29 is 21.6 Å². The highest BCUT2D eigenvalue weighted by atomic mass is 35.5. The van der Waals surface area contributed by atoms with E-state index in [4.69, 9.17) is 11.6 Å². The number of hydrogen-bond donors (Lipinski definition) is 1. The quantitative estimate of drug-likeness (QED) is 0.853. The summed E-state index contributed by atoms with van der Waals surface area (Å²) in [4.78, 5) is -0.505. The molecular formula is C15H13ClF3NO2S. The van der Waals surface area contributed by atoms with Gasteiger partial charge < -0.3 is 0 Å². The number of hydrogen-bond acceptors (Lipinski definition) is 2. The number of aryl methyl sites for hydroxylation is 2. The Morgan fingerprint density at radius 2 is 1.70 bits per heavy atom. The van der Waals surface area contributed by atoms with Crippen LogP contribution in [0.1, 0.15) is 16.7 Å². The van der Waals surface area contributed by atoms with Gasteiger partial charge in [0.1, 0.15) is 0 Å². The molecule has 0 aliphatic carbocycles. The Labute approximate surface area is 137 Å². The smallest absolute Gasteiger partial charge is 0.279 e. The molecule has 0 amide bonds. The van der Waals surface area contributed by atoms with E-state index >= 15 is 0 Å². The molecule has 0 radical (unpaired) electrons. The second-order valence-electron chi connectivity index (χ2n) is 5.06. The van der Waals surface area contributed by atoms with Crippen LogP contribution in [0.4, 0.5) is 18.9 Å². The molecule has 0 aromatic heterocycles. The van der Waals surface area contributed by atoms with Crippen LogP contribution in [-0.2, 0) is 16.2 Å². The maximum Gasteiger partial charge on any atom is 0.417 e. The second-order valence-corrected chi connectivity index (χ2v) is 7.15. The Kier molecular flexibility index (Phi) is 4.64. The molecule has 23 heavy (non-hydrogen) atoms. The van der Waals surface area contributed by atoms with Crippen molar-refractivity contribution in [3.05, 3.63) is 58.1 Å². The van der Waals surface area contributed by atoms with E-state index in [1.54, 1.807) is 32.0 Å². The predicted molar refractivity (Wildman–Crippen MR) is 83.2 cm³/mol. The first-order valence-corrected chi connectivity index (χ1v) is 8.33. The van der Waals surface area contributed by atoms with E-state index in [1.165, 1.54) is 0 Å². The molecule has 0 spiro atoms. The van der Waals surface area contributed by atoms with E-state index in [0.717, 1.165) is 17.7 Å². The number of anilines is 1. The average Bonchev–Trinajstić information content (AvgIpc) is 2.41. The summed E-state index contributed by atoms with van der Waals surface area (Å²) in [6.45, 7) is 3.47. The van der Waals surface area contributed by atoms with Crippen LogP contribution >= 0.6 is 11.6 Å². The van der Waals surface area contributed by atoms with Gasteiger partial charge in [-0.05, 0) is 49.2 Å². The van der Waals surface area contributed by atoms with E-state index < -0.39 is 31.7 Å². The Morgan fingerprint density at radius 3 is 2.30 bits per heavy atom. The summed E-state index contributed by atoms with van der Waals surface area (Å²) in [5, 5.41) is -0.553. The van der Waals surface area contributed by atoms with Gasteiger partial charge in [-0.3, -0.25) is 4.72 Å².